The van der Waals surface area contributed by atoms with E-state index in [0.29, 0.717) is 19.6 Å². The molecule has 0 radical (unpaired) electrons. The van der Waals surface area contributed by atoms with Gasteiger partial charge in [-0.2, -0.15) is 0 Å². The Bertz CT molecular complexity index is 622. The summed E-state index contributed by atoms with van der Waals surface area (Å²) in [4.78, 5) is 13.0. The first-order valence-corrected chi connectivity index (χ1v) is 8.31. The Morgan fingerprint density at radius 1 is 1.20 bits per heavy atom. The van der Waals surface area contributed by atoms with E-state index in [1.54, 1.807) is 0 Å². The second kappa shape index (κ2) is 4.86. The van der Waals surface area contributed by atoms with E-state index in [9.17, 15) is 13.2 Å². The van der Waals surface area contributed by atoms with E-state index >= 15 is 0 Å². The van der Waals surface area contributed by atoms with Gasteiger partial charge in [-0.3, -0.25) is 9.69 Å². The number of nitrogens with zero attached hydrogens (tertiary/aromatic N) is 1. The van der Waals surface area contributed by atoms with Crippen LogP contribution in [0, 0.1) is 0 Å². The van der Waals surface area contributed by atoms with Crippen LogP contribution >= 0.6 is 0 Å². The van der Waals surface area contributed by atoms with E-state index in [0.717, 1.165) is 17.5 Å². The van der Waals surface area contributed by atoms with Crippen molar-refractivity contribution >= 4 is 15.8 Å². The Hall–Kier alpha value is -1.40. The molecule has 3 heterocycles. The number of carbonyl (C=O) groups is 1. The van der Waals surface area contributed by atoms with Gasteiger partial charge in [-0.25, -0.2) is 8.42 Å². The van der Waals surface area contributed by atoms with Crippen LogP contribution in [0.4, 0.5) is 0 Å². The maximum absolute atomic E-state index is 11.7. The van der Waals surface area contributed by atoms with Crippen LogP contribution in [-0.2, 0) is 27.6 Å². The topological polar surface area (TPSA) is 74.7 Å². The molecule has 0 spiro atoms. The predicted octanol–water partition coefficient (Wildman–Crippen LogP) is 0.685. The molecule has 3 aliphatic rings. The van der Waals surface area contributed by atoms with Crippen LogP contribution in [0.15, 0.2) is 24.3 Å². The van der Waals surface area contributed by atoms with Crippen molar-refractivity contribution in [3.63, 3.8) is 0 Å². The summed E-state index contributed by atoms with van der Waals surface area (Å²) < 4.78 is 23.5. The molecular weight excluding hydrogens is 278 g/mol. The number of carboxylic acids is 1. The number of fused-ring (bicyclic) bond motifs is 2. The lowest BCUT2D eigenvalue weighted by atomic mass is 10.0. The van der Waals surface area contributed by atoms with Crippen LogP contribution in [-0.4, -0.2) is 48.0 Å². The summed E-state index contributed by atoms with van der Waals surface area (Å²) in [6.07, 6.45) is 0.796. The Kier molecular flexibility index (Phi) is 3.30. The molecule has 5 nitrogen and oxygen atoms in total. The molecule has 0 saturated carbocycles. The molecule has 108 valence electrons. The third-order valence-electron chi connectivity index (χ3n) is 4.23. The lowest BCUT2D eigenvalue weighted by molar-refractivity contribution is -0.136. The van der Waals surface area contributed by atoms with Gasteiger partial charge in [-0.1, -0.05) is 24.3 Å². The average Bonchev–Trinajstić information content (AvgIpc) is 2.40. The molecule has 2 unspecified atom stereocenters. The van der Waals surface area contributed by atoms with E-state index in [1.807, 2.05) is 24.3 Å². The zero-order valence-electron chi connectivity index (χ0n) is 11.0. The largest absolute Gasteiger partial charge is 0.481 e. The molecular formula is C14H17NO4S. The first-order valence-electron chi connectivity index (χ1n) is 6.70. The molecule has 3 fully saturated rings. The summed E-state index contributed by atoms with van der Waals surface area (Å²) in [5.74, 6) is -0.846. The van der Waals surface area contributed by atoms with Crippen LogP contribution in [0.5, 0.6) is 0 Å². The summed E-state index contributed by atoms with van der Waals surface area (Å²) in [5.41, 5.74) is 1.79. The van der Waals surface area contributed by atoms with E-state index in [2.05, 4.69) is 4.90 Å². The van der Waals surface area contributed by atoms with Crippen molar-refractivity contribution in [2.45, 2.75) is 29.9 Å². The van der Waals surface area contributed by atoms with Crippen LogP contribution in [0.2, 0.25) is 0 Å². The monoisotopic (exact) mass is 295 g/mol. The molecule has 2 atom stereocenters. The zero-order valence-corrected chi connectivity index (χ0v) is 11.8. The normalized spacial score (nSPS) is 27.8. The van der Waals surface area contributed by atoms with Gasteiger partial charge in [-0.05, 0) is 17.5 Å². The number of benzene rings is 1. The van der Waals surface area contributed by atoms with Gasteiger partial charge in [0.15, 0.2) is 9.84 Å². The maximum Gasteiger partial charge on any atom is 0.307 e. The Labute approximate surface area is 118 Å². The van der Waals surface area contributed by atoms with Crippen LogP contribution in [0.25, 0.3) is 0 Å². The number of aliphatic carboxylic acids is 1. The van der Waals surface area contributed by atoms with Gasteiger partial charge in [0.2, 0.25) is 0 Å². The van der Waals surface area contributed by atoms with Crippen LogP contribution in [0.1, 0.15) is 17.5 Å². The van der Waals surface area contributed by atoms with E-state index in [4.69, 9.17) is 5.11 Å². The second-order valence-corrected chi connectivity index (χ2v) is 8.11. The highest BCUT2D eigenvalue weighted by Crippen LogP contribution is 2.36. The van der Waals surface area contributed by atoms with Crippen LogP contribution in [0.3, 0.4) is 0 Å². The highest BCUT2D eigenvalue weighted by molar-refractivity contribution is 7.94. The van der Waals surface area contributed by atoms with Crippen molar-refractivity contribution in [2.24, 2.45) is 0 Å². The van der Waals surface area contributed by atoms with E-state index in [1.165, 1.54) is 0 Å². The van der Waals surface area contributed by atoms with Crippen LogP contribution < -0.4 is 0 Å². The lowest BCUT2D eigenvalue weighted by Gasteiger charge is -2.46. The fourth-order valence-corrected chi connectivity index (χ4v) is 5.16. The summed E-state index contributed by atoms with van der Waals surface area (Å²) in [6, 6.07) is 7.47. The molecule has 2 bridgehead atoms. The Balaban J connectivity index is 1.72. The minimum absolute atomic E-state index is 0.00910. The highest BCUT2D eigenvalue weighted by atomic mass is 32.2. The molecule has 20 heavy (non-hydrogen) atoms. The predicted molar refractivity (Wildman–Crippen MR) is 74.2 cm³/mol. The van der Waals surface area contributed by atoms with E-state index in [-0.39, 0.29) is 16.9 Å². The molecule has 0 amide bonds. The molecule has 3 saturated heterocycles. The average molecular weight is 295 g/mol. The Morgan fingerprint density at radius 3 is 2.35 bits per heavy atom. The quantitative estimate of drug-likeness (QED) is 0.884. The number of piperidine rings is 1. The zero-order chi connectivity index (χ0) is 14.3. The second-order valence-electron chi connectivity index (χ2n) is 5.60. The lowest BCUT2D eigenvalue weighted by Crippen LogP contribution is -2.61. The maximum atomic E-state index is 11.7. The van der Waals surface area contributed by atoms with Crippen molar-refractivity contribution in [3.8, 4) is 0 Å². The third kappa shape index (κ3) is 2.33. The fourth-order valence-electron chi connectivity index (χ4n) is 3.14. The minimum atomic E-state index is -2.85. The molecule has 0 aromatic heterocycles. The number of hydrogen-bond donors (Lipinski definition) is 1. The first kappa shape index (κ1) is 13.6. The van der Waals surface area contributed by atoms with Gasteiger partial charge in [0.05, 0.1) is 16.9 Å². The summed E-state index contributed by atoms with van der Waals surface area (Å²) in [6.45, 7) is 1.77. The van der Waals surface area contributed by atoms with E-state index < -0.39 is 15.8 Å². The molecule has 1 aromatic carbocycles. The molecule has 0 aliphatic carbocycles. The summed E-state index contributed by atoms with van der Waals surface area (Å²) in [5, 5.41) is 8.49. The molecule has 1 N–H and O–H groups in total. The molecule has 4 rings (SSSR count). The molecule has 1 aromatic rings. The summed E-state index contributed by atoms with van der Waals surface area (Å²) in [7, 11) is -2.85. The van der Waals surface area contributed by atoms with Gasteiger partial charge in [0.25, 0.3) is 0 Å². The van der Waals surface area contributed by atoms with Crippen molar-refractivity contribution in [3.05, 3.63) is 35.4 Å². The third-order valence-corrected chi connectivity index (χ3v) is 6.77. The highest BCUT2D eigenvalue weighted by Gasteiger charge is 2.51. The van der Waals surface area contributed by atoms with Gasteiger partial charge < -0.3 is 5.11 Å². The standard InChI is InChI=1S/C14H17NO4S/c16-14(17)5-10-3-1-2-4-11(10)7-15-8-12-6-13(9-15)20(12,18)19/h1-4,12-13H,5-9H2,(H,16,17). The fraction of sp³-hybridized carbons (Fsp3) is 0.500. The molecule has 6 heteroatoms. The number of sulfone groups is 1. The Morgan fingerprint density at radius 2 is 1.80 bits per heavy atom. The molecule has 3 aliphatic heterocycles. The van der Waals surface area contributed by atoms with Crippen molar-refractivity contribution in [1.82, 2.24) is 4.90 Å². The number of hydrogen-bond acceptors (Lipinski definition) is 4. The smallest absolute Gasteiger partial charge is 0.307 e. The van der Waals surface area contributed by atoms with Gasteiger partial charge in [0.1, 0.15) is 0 Å². The minimum Gasteiger partial charge on any atom is -0.481 e. The van der Waals surface area contributed by atoms with Crippen molar-refractivity contribution in [2.75, 3.05) is 13.1 Å². The van der Waals surface area contributed by atoms with Gasteiger partial charge in [0, 0.05) is 19.6 Å². The van der Waals surface area contributed by atoms with Gasteiger partial charge in [-0.15, -0.1) is 0 Å². The van der Waals surface area contributed by atoms with Gasteiger partial charge >= 0.3 is 5.97 Å². The summed E-state index contributed by atoms with van der Waals surface area (Å²) >= 11 is 0. The van der Waals surface area contributed by atoms with Crippen molar-refractivity contribution in [1.29, 1.82) is 0 Å². The first-order chi connectivity index (χ1) is 9.46. The number of rotatable bonds is 4. The number of carboxylic acid groups (broad SMARTS) is 1. The van der Waals surface area contributed by atoms with Crippen molar-refractivity contribution < 1.29 is 18.3 Å². The SMILES string of the molecule is O=C(O)Cc1ccccc1CN1CC2CC(C1)S2(=O)=O.